The number of hydrogen-bond acceptors (Lipinski definition) is 1. The van der Waals surface area contributed by atoms with Gasteiger partial charge in [0.1, 0.15) is 0 Å². The van der Waals surface area contributed by atoms with Crippen molar-refractivity contribution >= 4 is 11.6 Å². The number of nitrogens with one attached hydrogen (secondary N) is 2. The topological polar surface area (TPSA) is 33.5 Å². The molecule has 19 heavy (non-hydrogen) atoms. The second-order valence-corrected chi connectivity index (χ2v) is 5.98. The predicted octanol–water partition coefficient (Wildman–Crippen LogP) is 1.56. The van der Waals surface area contributed by atoms with Crippen LogP contribution in [0.1, 0.15) is 30.9 Å². The maximum absolute atomic E-state index is 12.1. The van der Waals surface area contributed by atoms with E-state index in [-0.39, 0.29) is 5.91 Å². The van der Waals surface area contributed by atoms with E-state index in [1.807, 2.05) is 19.9 Å². The molecule has 2 N–H and O–H groups in total. The summed E-state index contributed by atoms with van der Waals surface area (Å²) in [5.41, 5.74) is 3.26. The second-order valence-electron chi connectivity index (χ2n) is 5.98. The number of carbonyl (C=O) groups excluding carboxylic acids is 1. The lowest BCUT2D eigenvalue weighted by Crippen LogP contribution is -3.14. The zero-order valence-corrected chi connectivity index (χ0v) is 12.3. The molecule has 1 amide bonds. The Hall–Kier alpha value is -1.35. The molecule has 0 saturated carbocycles. The highest BCUT2D eigenvalue weighted by Gasteiger charge is 2.21. The van der Waals surface area contributed by atoms with Gasteiger partial charge in [0.05, 0.1) is 13.1 Å². The number of piperidine rings is 1. The number of quaternary nitrogens is 1. The minimum atomic E-state index is 0.137. The van der Waals surface area contributed by atoms with E-state index >= 15 is 0 Å². The van der Waals surface area contributed by atoms with Gasteiger partial charge in [-0.3, -0.25) is 4.79 Å². The van der Waals surface area contributed by atoms with E-state index in [9.17, 15) is 4.79 Å². The summed E-state index contributed by atoms with van der Waals surface area (Å²) in [5, 5.41) is 3.05. The number of hydrogen-bond donors (Lipinski definition) is 2. The van der Waals surface area contributed by atoms with Gasteiger partial charge in [0, 0.05) is 5.69 Å². The lowest BCUT2D eigenvalue weighted by atomic mass is 9.99. The van der Waals surface area contributed by atoms with E-state index in [0.717, 1.165) is 30.3 Å². The highest BCUT2D eigenvalue weighted by atomic mass is 16.2. The van der Waals surface area contributed by atoms with E-state index in [1.54, 1.807) is 0 Å². The molecule has 104 valence electrons. The Kier molecular flexibility index (Phi) is 4.59. The molecule has 1 aromatic rings. The molecular formula is C16H25N2O+. The van der Waals surface area contributed by atoms with Crippen molar-refractivity contribution in [2.24, 2.45) is 5.92 Å². The van der Waals surface area contributed by atoms with Crippen molar-refractivity contribution in [3.05, 3.63) is 29.3 Å². The predicted molar refractivity (Wildman–Crippen MR) is 78.5 cm³/mol. The number of rotatable bonds is 3. The third kappa shape index (κ3) is 4.06. The van der Waals surface area contributed by atoms with Gasteiger partial charge in [0.25, 0.3) is 5.91 Å². The molecule has 1 aliphatic rings. The molecule has 3 nitrogen and oxygen atoms in total. The molecule has 0 aliphatic carbocycles. The minimum absolute atomic E-state index is 0.137. The van der Waals surface area contributed by atoms with Crippen LogP contribution in [0.25, 0.3) is 0 Å². The molecule has 0 bridgehead atoms. The Morgan fingerprint density at radius 3 is 2.68 bits per heavy atom. The molecule has 0 unspecified atom stereocenters. The van der Waals surface area contributed by atoms with Gasteiger partial charge < -0.3 is 10.2 Å². The fourth-order valence-corrected chi connectivity index (χ4v) is 2.64. The fraction of sp³-hybridized carbons (Fsp3) is 0.562. The van der Waals surface area contributed by atoms with Crippen LogP contribution in [0, 0.1) is 19.8 Å². The average molecular weight is 261 g/mol. The van der Waals surface area contributed by atoms with E-state index in [1.165, 1.54) is 23.3 Å². The van der Waals surface area contributed by atoms with Crippen molar-refractivity contribution in [1.82, 2.24) is 0 Å². The summed E-state index contributed by atoms with van der Waals surface area (Å²) in [6.07, 6.45) is 2.48. The first-order valence-corrected chi connectivity index (χ1v) is 7.25. The van der Waals surface area contributed by atoms with Gasteiger partial charge >= 0.3 is 0 Å². The van der Waals surface area contributed by atoms with Gasteiger partial charge in [-0.1, -0.05) is 19.1 Å². The normalized spacial score (nSPS) is 23.1. The van der Waals surface area contributed by atoms with Crippen molar-refractivity contribution in [3.8, 4) is 0 Å². The highest BCUT2D eigenvalue weighted by molar-refractivity contribution is 5.92. The number of benzene rings is 1. The van der Waals surface area contributed by atoms with Crippen LogP contribution in [0.3, 0.4) is 0 Å². The monoisotopic (exact) mass is 261 g/mol. The van der Waals surface area contributed by atoms with Gasteiger partial charge in [-0.15, -0.1) is 0 Å². The van der Waals surface area contributed by atoms with Crippen molar-refractivity contribution in [1.29, 1.82) is 0 Å². The van der Waals surface area contributed by atoms with Crippen LogP contribution in [0.4, 0.5) is 5.69 Å². The summed E-state index contributed by atoms with van der Waals surface area (Å²) >= 11 is 0. The number of likely N-dealkylation sites (tertiary alicyclic amines) is 1. The van der Waals surface area contributed by atoms with Gasteiger partial charge in [0.15, 0.2) is 6.54 Å². The quantitative estimate of drug-likeness (QED) is 0.850. The summed E-state index contributed by atoms with van der Waals surface area (Å²) in [5.74, 6) is 0.962. The van der Waals surface area contributed by atoms with E-state index < -0.39 is 0 Å². The molecule has 3 heteroatoms. The Balaban J connectivity index is 1.89. The maximum atomic E-state index is 12.1. The third-order valence-electron chi connectivity index (χ3n) is 4.06. The van der Waals surface area contributed by atoms with Crippen LogP contribution in [-0.2, 0) is 4.79 Å². The third-order valence-corrected chi connectivity index (χ3v) is 4.06. The second kappa shape index (κ2) is 6.20. The van der Waals surface area contributed by atoms with Gasteiger partial charge in [-0.2, -0.15) is 0 Å². The lowest BCUT2D eigenvalue weighted by Gasteiger charge is -2.26. The van der Waals surface area contributed by atoms with Crippen molar-refractivity contribution in [2.75, 3.05) is 25.0 Å². The van der Waals surface area contributed by atoms with Crippen LogP contribution >= 0.6 is 0 Å². The molecule has 2 rings (SSSR count). The number of anilines is 1. The molecule has 1 aromatic carbocycles. The van der Waals surface area contributed by atoms with Crippen LogP contribution < -0.4 is 10.2 Å². The summed E-state index contributed by atoms with van der Waals surface area (Å²) in [7, 11) is 0. The zero-order valence-electron chi connectivity index (χ0n) is 12.3. The Morgan fingerprint density at radius 2 is 2.00 bits per heavy atom. The fourth-order valence-electron chi connectivity index (χ4n) is 2.64. The first kappa shape index (κ1) is 14.1. The molecular weight excluding hydrogens is 236 g/mol. The van der Waals surface area contributed by atoms with Crippen molar-refractivity contribution in [2.45, 2.75) is 33.6 Å². The van der Waals surface area contributed by atoms with Gasteiger partial charge in [0.2, 0.25) is 0 Å². The standard InChI is InChI=1S/C16H24N2O/c1-12-6-8-18(9-7-12)11-16(19)17-15-10-13(2)4-5-14(15)3/h4-5,10,12H,6-9,11H2,1-3H3,(H,17,19)/p+1. The summed E-state index contributed by atoms with van der Waals surface area (Å²) in [4.78, 5) is 13.5. The minimum Gasteiger partial charge on any atom is -0.327 e. The van der Waals surface area contributed by atoms with E-state index in [2.05, 4.69) is 24.4 Å². The Labute approximate surface area is 116 Å². The number of aryl methyl sites for hydroxylation is 2. The maximum Gasteiger partial charge on any atom is 0.279 e. The largest absolute Gasteiger partial charge is 0.327 e. The smallest absolute Gasteiger partial charge is 0.279 e. The summed E-state index contributed by atoms with van der Waals surface area (Å²) in [6.45, 7) is 9.23. The number of carbonyl (C=O) groups is 1. The van der Waals surface area contributed by atoms with Crippen LogP contribution in [0.5, 0.6) is 0 Å². The highest BCUT2D eigenvalue weighted by Crippen LogP contribution is 2.15. The van der Waals surface area contributed by atoms with Gasteiger partial charge in [-0.25, -0.2) is 0 Å². The Bertz CT molecular complexity index is 448. The molecule has 1 aliphatic heterocycles. The molecule has 1 saturated heterocycles. The van der Waals surface area contributed by atoms with Crippen molar-refractivity contribution in [3.63, 3.8) is 0 Å². The van der Waals surface area contributed by atoms with Crippen LogP contribution in [0.2, 0.25) is 0 Å². The zero-order chi connectivity index (χ0) is 13.8. The Morgan fingerprint density at radius 1 is 1.32 bits per heavy atom. The molecule has 0 aromatic heterocycles. The molecule has 0 radical (unpaired) electrons. The first-order valence-electron chi connectivity index (χ1n) is 7.25. The van der Waals surface area contributed by atoms with Crippen LogP contribution in [0.15, 0.2) is 18.2 Å². The van der Waals surface area contributed by atoms with Crippen molar-refractivity contribution < 1.29 is 9.69 Å². The summed E-state index contributed by atoms with van der Waals surface area (Å²) in [6, 6.07) is 6.17. The van der Waals surface area contributed by atoms with E-state index in [4.69, 9.17) is 0 Å². The number of amides is 1. The molecule has 0 spiro atoms. The molecule has 1 heterocycles. The van der Waals surface area contributed by atoms with E-state index in [0.29, 0.717) is 6.54 Å². The first-order chi connectivity index (χ1) is 9.04. The van der Waals surface area contributed by atoms with Gasteiger partial charge in [-0.05, 0) is 49.8 Å². The summed E-state index contributed by atoms with van der Waals surface area (Å²) < 4.78 is 0. The SMILES string of the molecule is Cc1ccc(C)c(NC(=O)C[NH+]2CCC(C)CC2)c1. The molecule has 0 atom stereocenters. The molecule has 1 fully saturated rings. The van der Waals surface area contributed by atoms with Crippen LogP contribution in [-0.4, -0.2) is 25.5 Å². The average Bonchev–Trinajstić information content (AvgIpc) is 2.37. The lowest BCUT2D eigenvalue weighted by molar-refractivity contribution is -0.897.